The van der Waals surface area contributed by atoms with E-state index in [9.17, 15) is 5.11 Å². The Kier molecular flexibility index (Phi) is 3.94. The second-order valence-electron chi connectivity index (χ2n) is 4.63. The van der Waals surface area contributed by atoms with Crippen molar-refractivity contribution in [2.24, 2.45) is 5.92 Å². The summed E-state index contributed by atoms with van der Waals surface area (Å²) in [6.07, 6.45) is 1.66. The molecule has 1 aromatic heterocycles. The normalized spacial score (nSPS) is 17.7. The maximum absolute atomic E-state index is 10.0. The molecule has 0 fully saturated rings. The van der Waals surface area contributed by atoms with Crippen molar-refractivity contribution in [2.75, 3.05) is 6.54 Å². The summed E-state index contributed by atoms with van der Waals surface area (Å²) < 4.78 is 5.28. The smallest absolute Gasteiger partial charge is 0.120 e. The molecule has 0 amide bonds. The highest BCUT2D eigenvalue weighted by Crippen LogP contribution is 2.17. The highest BCUT2D eigenvalue weighted by Gasteiger charge is 2.25. The summed E-state index contributed by atoms with van der Waals surface area (Å²) in [6.45, 7) is 8.46. The van der Waals surface area contributed by atoms with Gasteiger partial charge in [-0.1, -0.05) is 13.8 Å². The predicted octanol–water partition coefficient (Wildman–Crippen LogP) is 2.34. The van der Waals surface area contributed by atoms with E-state index in [-0.39, 0.29) is 12.0 Å². The molecule has 2 N–H and O–H groups in total. The van der Waals surface area contributed by atoms with Gasteiger partial charge in [0.1, 0.15) is 5.76 Å². The highest BCUT2D eigenvalue weighted by atomic mass is 16.3. The van der Waals surface area contributed by atoms with E-state index in [1.165, 1.54) is 0 Å². The first-order valence-electron chi connectivity index (χ1n) is 5.42. The third-order valence-corrected chi connectivity index (χ3v) is 2.98. The summed E-state index contributed by atoms with van der Waals surface area (Å²) in [5.74, 6) is 1.13. The SMILES string of the molecule is CC(NCC(C)(O)C(C)C)c1ccco1. The Balaban J connectivity index is 2.44. The van der Waals surface area contributed by atoms with E-state index in [1.807, 2.05) is 39.8 Å². The van der Waals surface area contributed by atoms with Gasteiger partial charge in [-0.15, -0.1) is 0 Å². The number of rotatable bonds is 5. The number of hydrogen-bond donors (Lipinski definition) is 2. The monoisotopic (exact) mass is 211 g/mol. The number of furan rings is 1. The lowest BCUT2D eigenvalue weighted by Crippen LogP contribution is -2.42. The summed E-state index contributed by atoms with van der Waals surface area (Å²) >= 11 is 0. The van der Waals surface area contributed by atoms with Crippen molar-refractivity contribution in [3.05, 3.63) is 24.2 Å². The summed E-state index contributed by atoms with van der Waals surface area (Å²) in [5.41, 5.74) is -0.680. The van der Waals surface area contributed by atoms with Crippen molar-refractivity contribution >= 4 is 0 Å². The fourth-order valence-corrected chi connectivity index (χ4v) is 1.20. The first-order chi connectivity index (χ1) is 6.93. The third-order valence-electron chi connectivity index (χ3n) is 2.98. The van der Waals surface area contributed by atoms with Crippen LogP contribution in [0.1, 0.15) is 39.5 Å². The van der Waals surface area contributed by atoms with Crippen LogP contribution < -0.4 is 5.32 Å². The quantitative estimate of drug-likeness (QED) is 0.785. The van der Waals surface area contributed by atoms with Crippen molar-refractivity contribution in [3.8, 4) is 0 Å². The van der Waals surface area contributed by atoms with Gasteiger partial charge in [-0.2, -0.15) is 0 Å². The Morgan fingerprint density at radius 2 is 2.13 bits per heavy atom. The average Bonchev–Trinajstić information content (AvgIpc) is 2.66. The fraction of sp³-hybridized carbons (Fsp3) is 0.667. The molecule has 0 saturated heterocycles. The van der Waals surface area contributed by atoms with E-state index in [1.54, 1.807) is 6.26 Å². The number of hydrogen-bond acceptors (Lipinski definition) is 3. The summed E-state index contributed by atoms with van der Waals surface area (Å²) in [7, 11) is 0. The van der Waals surface area contributed by atoms with E-state index in [2.05, 4.69) is 5.32 Å². The van der Waals surface area contributed by atoms with Gasteiger partial charge in [0, 0.05) is 6.54 Å². The topological polar surface area (TPSA) is 45.4 Å². The lowest BCUT2D eigenvalue weighted by atomic mass is 9.92. The molecular weight excluding hydrogens is 190 g/mol. The van der Waals surface area contributed by atoms with Crippen LogP contribution >= 0.6 is 0 Å². The van der Waals surface area contributed by atoms with E-state index in [4.69, 9.17) is 4.42 Å². The lowest BCUT2D eigenvalue weighted by molar-refractivity contribution is 0.0117. The molecule has 3 heteroatoms. The number of nitrogens with one attached hydrogen (secondary N) is 1. The highest BCUT2D eigenvalue weighted by molar-refractivity contribution is 5.03. The minimum Gasteiger partial charge on any atom is -0.468 e. The van der Waals surface area contributed by atoms with Crippen LogP contribution in [0, 0.1) is 5.92 Å². The maximum Gasteiger partial charge on any atom is 0.120 e. The Hall–Kier alpha value is -0.800. The standard InChI is InChI=1S/C12H21NO2/c1-9(2)12(4,14)8-13-10(3)11-6-5-7-15-11/h5-7,9-10,13-14H,8H2,1-4H3. The lowest BCUT2D eigenvalue weighted by Gasteiger charge is -2.29. The third kappa shape index (κ3) is 3.36. The second-order valence-corrected chi connectivity index (χ2v) is 4.63. The maximum atomic E-state index is 10.0. The van der Waals surface area contributed by atoms with Crippen molar-refractivity contribution in [3.63, 3.8) is 0 Å². The molecule has 0 radical (unpaired) electrons. The van der Waals surface area contributed by atoms with Crippen molar-refractivity contribution in [2.45, 2.75) is 39.3 Å². The molecule has 0 bridgehead atoms. The van der Waals surface area contributed by atoms with Gasteiger partial charge in [-0.25, -0.2) is 0 Å². The van der Waals surface area contributed by atoms with Crippen molar-refractivity contribution in [1.82, 2.24) is 5.32 Å². The van der Waals surface area contributed by atoms with Crippen molar-refractivity contribution < 1.29 is 9.52 Å². The van der Waals surface area contributed by atoms with Gasteiger partial charge < -0.3 is 14.8 Å². The van der Waals surface area contributed by atoms with Gasteiger partial charge in [-0.05, 0) is 31.9 Å². The Bertz CT molecular complexity index is 278. The van der Waals surface area contributed by atoms with Gasteiger partial charge in [0.05, 0.1) is 17.9 Å². The molecule has 0 aliphatic carbocycles. The van der Waals surface area contributed by atoms with Gasteiger partial charge in [0.15, 0.2) is 0 Å². The zero-order valence-electron chi connectivity index (χ0n) is 9.95. The van der Waals surface area contributed by atoms with Crippen LogP contribution in [0.3, 0.4) is 0 Å². The molecule has 0 aliphatic heterocycles. The van der Waals surface area contributed by atoms with Gasteiger partial charge in [-0.3, -0.25) is 0 Å². The van der Waals surface area contributed by atoms with Gasteiger partial charge in [0.25, 0.3) is 0 Å². The summed E-state index contributed by atoms with van der Waals surface area (Å²) in [5, 5.41) is 13.3. The molecule has 3 nitrogen and oxygen atoms in total. The Morgan fingerprint density at radius 1 is 1.47 bits per heavy atom. The van der Waals surface area contributed by atoms with Crippen LogP contribution in [0.2, 0.25) is 0 Å². The van der Waals surface area contributed by atoms with Crippen LogP contribution in [-0.2, 0) is 0 Å². The van der Waals surface area contributed by atoms with Crippen LogP contribution in [0.5, 0.6) is 0 Å². The minimum absolute atomic E-state index is 0.130. The molecule has 0 aromatic carbocycles. The zero-order valence-corrected chi connectivity index (χ0v) is 9.95. The van der Waals surface area contributed by atoms with E-state index >= 15 is 0 Å². The second kappa shape index (κ2) is 4.81. The first-order valence-corrected chi connectivity index (χ1v) is 5.42. The molecule has 15 heavy (non-hydrogen) atoms. The molecule has 2 unspecified atom stereocenters. The predicted molar refractivity (Wildman–Crippen MR) is 60.6 cm³/mol. The van der Waals surface area contributed by atoms with E-state index < -0.39 is 5.60 Å². The minimum atomic E-state index is -0.680. The summed E-state index contributed by atoms with van der Waals surface area (Å²) in [6, 6.07) is 3.93. The molecule has 0 spiro atoms. The molecule has 1 heterocycles. The Labute approximate surface area is 91.5 Å². The van der Waals surface area contributed by atoms with Crippen molar-refractivity contribution in [1.29, 1.82) is 0 Å². The molecule has 1 rings (SSSR count). The average molecular weight is 211 g/mol. The van der Waals surface area contributed by atoms with Gasteiger partial charge >= 0.3 is 0 Å². The molecule has 0 saturated carbocycles. The summed E-state index contributed by atoms with van der Waals surface area (Å²) in [4.78, 5) is 0. The van der Waals surface area contributed by atoms with Gasteiger partial charge in [0.2, 0.25) is 0 Å². The molecule has 0 aliphatic rings. The van der Waals surface area contributed by atoms with E-state index in [0.29, 0.717) is 6.54 Å². The first kappa shape index (κ1) is 12.3. The zero-order chi connectivity index (χ0) is 11.5. The molecule has 2 atom stereocenters. The molecule has 1 aromatic rings. The van der Waals surface area contributed by atoms with Crippen LogP contribution in [-0.4, -0.2) is 17.3 Å². The molecule has 86 valence electrons. The Morgan fingerprint density at radius 3 is 2.60 bits per heavy atom. The fourth-order valence-electron chi connectivity index (χ4n) is 1.20. The number of aliphatic hydroxyl groups is 1. The van der Waals surface area contributed by atoms with E-state index in [0.717, 1.165) is 5.76 Å². The largest absolute Gasteiger partial charge is 0.468 e. The molecular formula is C12H21NO2. The van der Waals surface area contributed by atoms with Crippen LogP contribution in [0.25, 0.3) is 0 Å². The van der Waals surface area contributed by atoms with Crippen LogP contribution in [0.15, 0.2) is 22.8 Å². The van der Waals surface area contributed by atoms with Crippen LogP contribution in [0.4, 0.5) is 0 Å².